The Morgan fingerprint density at radius 3 is 2.69 bits per heavy atom. The summed E-state index contributed by atoms with van der Waals surface area (Å²) in [4.78, 5) is 13.1. The maximum atomic E-state index is 10.9. The Morgan fingerprint density at radius 1 is 1.54 bits per heavy atom. The highest BCUT2D eigenvalue weighted by atomic mass is 16.1. The standard InChI is InChI=1S/C10H18N2O/c1-8(12(2)3)7-11-9-4-5-10(13)6-9/h6,8,11H,4-5,7H2,1-3H3. The van der Waals surface area contributed by atoms with Crippen molar-refractivity contribution in [3.05, 3.63) is 11.8 Å². The molecule has 74 valence electrons. The molecule has 0 heterocycles. The van der Waals surface area contributed by atoms with Crippen molar-refractivity contribution in [1.82, 2.24) is 10.2 Å². The van der Waals surface area contributed by atoms with Crippen molar-refractivity contribution in [2.75, 3.05) is 20.6 Å². The van der Waals surface area contributed by atoms with Gasteiger partial charge in [-0.1, -0.05) is 0 Å². The molecule has 1 unspecified atom stereocenters. The summed E-state index contributed by atoms with van der Waals surface area (Å²) in [6.07, 6.45) is 3.29. The monoisotopic (exact) mass is 182 g/mol. The maximum absolute atomic E-state index is 10.9. The summed E-state index contributed by atoms with van der Waals surface area (Å²) in [6, 6.07) is 0.497. The smallest absolute Gasteiger partial charge is 0.157 e. The van der Waals surface area contributed by atoms with Crippen LogP contribution in [-0.2, 0) is 4.79 Å². The van der Waals surface area contributed by atoms with Crippen molar-refractivity contribution < 1.29 is 4.79 Å². The van der Waals surface area contributed by atoms with Crippen LogP contribution >= 0.6 is 0 Å². The van der Waals surface area contributed by atoms with Crippen LogP contribution in [0.3, 0.4) is 0 Å². The summed E-state index contributed by atoms with van der Waals surface area (Å²) in [7, 11) is 4.11. The first-order valence-electron chi connectivity index (χ1n) is 4.73. The lowest BCUT2D eigenvalue weighted by molar-refractivity contribution is -0.114. The third-order valence-electron chi connectivity index (χ3n) is 2.48. The summed E-state index contributed by atoms with van der Waals surface area (Å²) in [5.41, 5.74) is 1.10. The SMILES string of the molecule is CC(CNC1=CC(=O)CC1)N(C)C. The molecule has 0 radical (unpaired) electrons. The molecular formula is C10H18N2O. The van der Waals surface area contributed by atoms with Gasteiger partial charge in [-0.25, -0.2) is 0 Å². The van der Waals surface area contributed by atoms with Crippen LogP contribution in [0.5, 0.6) is 0 Å². The molecule has 1 aliphatic rings. The first kappa shape index (κ1) is 10.3. The molecule has 1 N–H and O–H groups in total. The molecule has 0 fully saturated rings. The molecule has 0 aliphatic heterocycles. The van der Waals surface area contributed by atoms with E-state index in [0.717, 1.165) is 18.7 Å². The zero-order valence-corrected chi connectivity index (χ0v) is 8.63. The summed E-state index contributed by atoms with van der Waals surface area (Å²) in [6.45, 7) is 3.07. The molecule has 1 rings (SSSR count). The van der Waals surface area contributed by atoms with Crippen LogP contribution in [0.1, 0.15) is 19.8 Å². The van der Waals surface area contributed by atoms with Gasteiger partial charge in [-0.3, -0.25) is 4.79 Å². The highest BCUT2D eigenvalue weighted by molar-refractivity contribution is 5.92. The number of likely N-dealkylation sites (N-methyl/N-ethyl adjacent to an activating group) is 1. The molecule has 0 saturated heterocycles. The van der Waals surface area contributed by atoms with Crippen molar-refractivity contribution in [2.24, 2.45) is 0 Å². The van der Waals surface area contributed by atoms with Gasteiger partial charge < -0.3 is 10.2 Å². The molecule has 1 atom stereocenters. The summed E-state index contributed by atoms with van der Waals surface area (Å²) < 4.78 is 0. The van der Waals surface area contributed by atoms with Crippen LogP contribution in [-0.4, -0.2) is 37.4 Å². The van der Waals surface area contributed by atoms with E-state index >= 15 is 0 Å². The molecule has 0 aromatic heterocycles. The average Bonchev–Trinajstić information content (AvgIpc) is 2.47. The fraction of sp³-hybridized carbons (Fsp3) is 0.700. The van der Waals surface area contributed by atoms with Gasteiger partial charge >= 0.3 is 0 Å². The second-order valence-electron chi connectivity index (χ2n) is 3.83. The van der Waals surface area contributed by atoms with Gasteiger partial charge in [0, 0.05) is 30.8 Å². The summed E-state index contributed by atoms with van der Waals surface area (Å²) in [5, 5.41) is 3.29. The minimum Gasteiger partial charge on any atom is -0.387 e. The quantitative estimate of drug-likeness (QED) is 0.697. The van der Waals surface area contributed by atoms with Crippen molar-refractivity contribution in [3.63, 3.8) is 0 Å². The molecule has 13 heavy (non-hydrogen) atoms. The predicted octanol–water partition coefficient (Wildman–Crippen LogP) is 0.773. The predicted molar refractivity (Wildman–Crippen MR) is 53.5 cm³/mol. The Balaban J connectivity index is 2.27. The fourth-order valence-electron chi connectivity index (χ4n) is 1.20. The van der Waals surface area contributed by atoms with Gasteiger partial charge in [0.15, 0.2) is 5.78 Å². The van der Waals surface area contributed by atoms with Gasteiger partial charge in [-0.15, -0.1) is 0 Å². The number of hydrogen-bond acceptors (Lipinski definition) is 3. The Bertz CT molecular complexity index is 221. The molecule has 0 saturated carbocycles. The topological polar surface area (TPSA) is 32.3 Å². The lowest BCUT2D eigenvalue weighted by Crippen LogP contribution is -2.34. The Labute approximate surface area is 79.8 Å². The maximum Gasteiger partial charge on any atom is 0.157 e. The van der Waals surface area contributed by atoms with Gasteiger partial charge in [-0.05, 0) is 27.4 Å². The van der Waals surface area contributed by atoms with Gasteiger partial charge in [0.1, 0.15) is 0 Å². The molecule has 0 spiro atoms. The molecule has 0 amide bonds. The van der Waals surface area contributed by atoms with Gasteiger partial charge in [-0.2, -0.15) is 0 Å². The number of carbonyl (C=O) groups excluding carboxylic acids is 1. The van der Waals surface area contributed by atoms with Crippen LogP contribution in [0, 0.1) is 0 Å². The average molecular weight is 182 g/mol. The van der Waals surface area contributed by atoms with E-state index in [1.807, 2.05) is 0 Å². The van der Waals surface area contributed by atoms with Crippen LogP contribution in [0.4, 0.5) is 0 Å². The highest BCUT2D eigenvalue weighted by Gasteiger charge is 2.12. The second-order valence-corrected chi connectivity index (χ2v) is 3.83. The first-order chi connectivity index (χ1) is 6.09. The molecule has 0 aromatic carbocycles. The Morgan fingerprint density at radius 2 is 2.23 bits per heavy atom. The molecule has 1 aliphatic carbocycles. The molecule has 0 bridgehead atoms. The van der Waals surface area contributed by atoms with E-state index in [1.54, 1.807) is 6.08 Å². The lowest BCUT2D eigenvalue weighted by Gasteiger charge is -2.20. The largest absolute Gasteiger partial charge is 0.387 e. The van der Waals surface area contributed by atoms with Gasteiger partial charge in [0.05, 0.1) is 0 Å². The van der Waals surface area contributed by atoms with E-state index in [1.165, 1.54) is 0 Å². The van der Waals surface area contributed by atoms with Crippen LogP contribution in [0.15, 0.2) is 11.8 Å². The van der Waals surface area contributed by atoms with Gasteiger partial charge in [0.2, 0.25) is 0 Å². The van der Waals surface area contributed by atoms with E-state index in [9.17, 15) is 4.79 Å². The van der Waals surface area contributed by atoms with Crippen LogP contribution in [0.25, 0.3) is 0 Å². The minimum atomic E-state index is 0.250. The third-order valence-corrected chi connectivity index (χ3v) is 2.48. The highest BCUT2D eigenvalue weighted by Crippen LogP contribution is 2.11. The van der Waals surface area contributed by atoms with E-state index in [0.29, 0.717) is 12.5 Å². The van der Waals surface area contributed by atoms with E-state index in [4.69, 9.17) is 0 Å². The minimum absolute atomic E-state index is 0.250. The van der Waals surface area contributed by atoms with E-state index < -0.39 is 0 Å². The Kier molecular flexibility index (Phi) is 3.48. The zero-order chi connectivity index (χ0) is 9.84. The number of nitrogens with one attached hydrogen (secondary N) is 1. The number of nitrogens with zero attached hydrogens (tertiary/aromatic N) is 1. The third kappa shape index (κ3) is 3.19. The van der Waals surface area contributed by atoms with Crippen LogP contribution < -0.4 is 5.32 Å². The lowest BCUT2D eigenvalue weighted by atomic mass is 10.3. The van der Waals surface area contributed by atoms with Crippen LogP contribution in [0.2, 0.25) is 0 Å². The molecule has 0 aromatic rings. The van der Waals surface area contributed by atoms with E-state index in [2.05, 4.69) is 31.2 Å². The van der Waals surface area contributed by atoms with Crippen molar-refractivity contribution in [1.29, 1.82) is 0 Å². The summed E-state index contributed by atoms with van der Waals surface area (Å²) >= 11 is 0. The van der Waals surface area contributed by atoms with Crippen molar-refractivity contribution >= 4 is 5.78 Å². The van der Waals surface area contributed by atoms with Crippen molar-refractivity contribution in [2.45, 2.75) is 25.8 Å². The number of ketones is 1. The summed E-state index contributed by atoms with van der Waals surface area (Å²) in [5.74, 6) is 0.250. The number of rotatable bonds is 4. The number of carbonyl (C=O) groups is 1. The number of allylic oxidation sites excluding steroid dienone is 2. The zero-order valence-electron chi connectivity index (χ0n) is 8.63. The molecule has 3 nitrogen and oxygen atoms in total. The number of hydrogen-bond donors (Lipinski definition) is 1. The van der Waals surface area contributed by atoms with Gasteiger partial charge in [0.25, 0.3) is 0 Å². The Hall–Kier alpha value is -0.830. The van der Waals surface area contributed by atoms with Crippen molar-refractivity contribution in [3.8, 4) is 0 Å². The molecular weight excluding hydrogens is 164 g/mol. The molecule has 3 heteroatoms. The fourth-order valence-corrected chi connectivity index (χ4v) is 1.20. The first-order valence-corrected chi connectivity index (χ1v) is 4.73. The second kappa shape index (κ2) is 4.42. The van der Waals surface area contributed by atoms with E-state index in [-0.39, 0.29) is 5.78 Å². The normalized spacial score (nSPS) is 19.1.